The van der Waals surface area contributed by atoms with Gasteiger partial charge < -0.3 is 4.74 Å². The quantitative estimate of drug-likeness (QED) is 0.815. The monoisotopic (exact) mass is 380 g/mol. The van der Waals surface area contributed by atoms with Crippen molar-refractivity contribution >= 4 is 11.9 Å². The maximum Gasteiger partial charge on any atom is 0.232 e. The van der Waals surface area contributed by atoms with E-state index in [0.29, 0.717) is 24.7 Å². The summed E-state index contributed by atoms with van der Waals surface area (Å²) in [5, 5.41) is 0. The van der Waals surface area contributed by atoms with E-state index >= 15 is 0 Å². The maximum absolute atomic E-state index is 12.8. The van der Waals surface area contributed by atoms with E-state index in [9.17, 15) is 4.79 Å². The molecule has 2 heterocycles. The van der Waals surface area contributed by atoms with Crippen molar-refractivity contribution < 1.29 is 9.53 Å². The third-order valence-corrected chi connectivity index (χ3v) is 6.72. The Morgan fingerprint density at radius 2 is 1.68 bits per heavy atom. The number of nitrogens with zero attached hydrogens (tertiary/aromatic N) is 4. The normalized spacial score (nSPS) is 27.6. The molecule has 6 heteroatoms. The molecular weight excluding hydrogens is 352 g/mol. The Morgan fingerprint density at radius 1 is 1.04 bits per heavy atom. The minimum Gasteiger partial charge on any atom is -0.494 e. The first-order valence-corrected chi connectivity index (χ1v) is 9.87. The molecule has 1 aliphatic carbocycles. The summed E-state index contributed by atoms with van der Waals surface area (Å²) in [4.78, 5) is 25.5. The number of ether oxygens (including phenoxy) is 1. The number of amides is 1. The van der Waals surface area contributed by atoms with E-state index in [-0.39, 0.29) is 16.9 Å². The number of rotatable bonds is 4. The molecule has 1 saturated carbocycles. The lowest BCUT2D eigenvalue weighted by Gasteiger charge is -2.48. The Labute approximate surface area is 166 Å². The van der Waals surface area contributed by atoms with Gasteiger partial charge in [-0.3, -0.25) is 14.6 Å². The Balaban J connectivity index is 1.53. The van der Waals surface area contributed by atoms with Gasteiger partial charge >= 0.3 is 0 Å². The van der Waals surface area contributed by atoms with Gasteiger partial charge in [0.25, 0.3) is 0 Å². The van der Waals surface area contributed by atoms with Crippen LogP contribution in [0, 0.1) is 5.41 Å². The van der Waals surface area contributed by atoms with Gasteiger partial charge in [0.2, 0.25) is 11.9 Å². The summed E-state index contributed by atoms with van der Waals surface area (Å²) in [6.45, 7) is 0.705. The second kappa shape index (κ2) is 7.17. The van der Waals surface area contributed by atoms with E-state index in [2.05, 4.69) is 59.3 Å². The van der Waals surface area contributed by atoms with Crippen LogP contribution in [0.5, 0.6) is 5.75 Å². The smallest absolute Gasteiger partial charge is 0.232 e. The number of carbonyl (C=O) groups is 1. The van der Waals surface area contributed by atoms with Crippen LogP contribution < -0.4 is 9.64 Å². The summed E-state index contributed by atoms with van der Waals surface area (Å²) in [5.74, 6) is 1.21. The van der Waals surface area contributed by atoms with Gasteiger partial charge in [-0.1, -0.05) is 30.3 Å². The lowest BCUT2D eigenvalue weighted by atomic mass is 9.64. The van der Waals surface area contributed by atoms with Crippen LogP contribution in [-0.2, 0) is 10.3 Å². The number of methoxy groups -OCH3 is 1. The van der Waals surface area contributed by atoms with Gasteiger partial charge in [0.15, 0.2) is 5.75 Å². The summed E-state index contributed by atoms with van der Waals surface area (Å²) < 4.78 is 5.12. The van der Waals surface area contributed by atoms with Crippen molar-refractivity contribution in [3.8, 4) is 5.75 Å². The molecule has 1 aliphatic heterocycles. The van der Waals surface area contributed by atoms with Gasteiger partial charge in [-0.15, -0.1) is 0 Å². The lowest BCUT2D eigenvalue weighted by molar-refractivity contribution is -0.118. The van der Waals surface area contributed by atoms with E-state index in [1.54, 1.807) is 24.4 Å². The zero-order valence-corrected chi connectivity index (χ0v) is 16.9. The van der Waals surface area contributed by atoms with Crippen molar-refractivity contribution in [2.45, 2.75) is 37.6 Å². The third kappa shape index (κ3) is 3.15. The van der Waals surface area contributed by atoms with Crippen LogP contribution in [0.3, 0.4) is 0 Å². The van der Waals surface area contributed by atoms with Gasteiger partial charge in [0, 0.05) is 18.5 Å². The van der Waals surface area contributed by atoms with Gasteiger partial charge in [0.1, 0.15) is 0 Å². The van der Waals surface area contributed by atoms with Crippen LogP contribution in [-0.4, -0.2) is 48.5 Å². The molecule has 0 radical (unpaired) electrons. The summed E-state index contributed by atoms with van der Waals surface area (Å²) in [6.07, 6.45) is 7.97. The highest BCUT2D eigenvalue weighted by Crippen LogP contribution is 2.52. The lowest BCUT2D eigenvalue weighted by Crippen LogP contribution is -2.47. The van der Waals surface area contributed by atoms with Gasteiger partial charge in [-0.05, 0) is 50.8 Å². The fourth-order valence-corrected chi connectivity index (χ4v) is 4.90. The number of carbonyl (C=O) groups excluding carboxylic acids is 1. The zero-order chi connectivity index (χ0) is 19.8. The highest BCUT2D eigenvalue weighted by molar-refractivity contribution is 5.94. The zero-order valence-electron chi connectivity index (χ0n) is 16.9. The molecule has 0 unspecified atom stereocenters. The van der Waals surface area contributed by atoms with E-state index in [4.69, 9.17) is 4.74 Å². The van der Waals surface area contributed by atoms with E-state index in [1.807, 2.05) is 0 Å². The second-order valence-electron chi connectivity index (χ2n) is 8.37. The molecule has 2 aliphatic rings. The molecule has 148 valence electrons. The first-order chi connectivity index (χ1) is 13.5. The van der Waals surface area contributed by atoms with Crippen LogP contribution in [0.2, 0.25) is 0 Å². The van der Waals surface area contributed by atoms with Crippen LogP contribution >= 0.6 is 0 Å². The van der Waals surface area contributed by atoms with Gasteiger partial charge in [0.05, 0.1) is 19.5 Å². The molecule has 0 atom stereocenters. The van der Waals surface area contributed by atoms with Crippen LogP contribution in [0.15, 0.2) is 42.7 Å². The Hall–Kier alpha value is -2.47. The average Bonchev–Trinajstić information content (AvgIpc) is 3.05. The van der Waals surface area contributed by atoms with Crippen molar-refractivity contribution in [2.24, 2.45) is 5.41 Å². The van der Waals surface area contributed by atoms with Crippen molar-refractivity contribution in [1.29, 1.82) is 0 Å². The first-order valence-electron chi connectivity index (χ1n) is 9.87. The Morgan fingerprint density at radius 3 is 2.25 bits per heavy atom. The van der Waals surface area contributed by atoms with Crippen LogP contribution in [0.25, 0.3) is 0 Å². The van der Waals surface area contributed by atoms with Gasteiger partial charge in [-0.2, -0.15) is 0 Å². The molecule has 1 spiro atoms. The number of benzene rings is 1. The third-order valence-electron chi connectivity index (χ3n) is 6.72. The van der Waals surface area contributed by atoms with Crippen molar-refractivity contribution in [1.82, 2.24) is 14.9 Å². The number of hydrogen-bond acceptors (Lipinski definition) is 5. The molecule has 1 amide bonds. The number of aromatic nitrogens is 2. The molecular formula is C22H28N4O2. The summed E-state index contributed by atoms with van der Waals surface area (Å²) in [6, 6.07) is 10.8. The molecule has 6 nitrogen and oxygen atoms in total. The number of hydrogen-bond donors (Lipinski definition) is 0. The molecule has 2 aromatic rings. The fourth-order valence-electron chi connectivity index (χ4n) is 4.90. The number of anilines is 1. The predicted molar refractivity (Wildman–Crippen MR) is 108 cm³/mol. The van der Waals surface area contributed by atoms with E-state index < -0.39 is 0 Å². The standard InChI is InChI=1S/C22H28N4O2/c1-25(2)22(17-7-5-4-6-8-17)11-9-21(10-12-22)13-19(27)26(16-21)20-23-14-18(28-3)15-24-20/h4-8,14-15H,9-13,16H2,1-3H3. The van der Waals surface area contributed by atoms with Crippen molar-refractivity contribution in [3.63, 3.8) is 0 Å². The maximum atomic E-state index is 12.8. The molecule has 2 fully saturated rings. The fraction of sp³-hybridized carbons (Fsp3) is 0.500. The Bertz CT molecular complexity index is 827. The van der Waals surface area contributed by atoms with Crippen LogP contribution in [0.4, 0.5) is 5.95 Å². The minimum absolute atomic E-state index is 0.0225. The topological polar surface area (TPSA) is 58.6 Å². The van der Waals surface area contributed by atoms with E-state index in [0.717, 1.165) is 25.7 Å². The first kappa shape index (κ1) is 18.9. The molecule has 1 aromatic carbocycles. The highest BCUT2D eigenvalue weighted by Gasteiger charge is 2.50. The summed E-state index contributed by atoms with van der Waals surface area (Å²) in [5.41, 5.74) is 1.43. The molecule has 0 N–H and O–H groups in total. The van der Waals surface area contributed by atoms with Gasteiger partial charge in [-0.25, -0.2) is 9.97 Å². The molecule has 4 rings (SSSR count). The molecule has 1 saturated heterocycles. The van der Waals surface area contributed by atoms with Crippen molar-refractivity contribution in [3.05, 3.63) is 48.3 Å². The summed E-state index contributed by atoms with van der Waals surface area (Å²) >= 11 is 0. The predicted octanol–water partition coefficient (Wildman–Crippen LogP) is 3.24. The SMILES string of the molecule is COc1cnc(N2CC3(CCC(c4ccccc4)(N(C)C)CC3)CC2=O)nc1. The Kier molecular flexibility index (Phi) is 4.83. The van der Waals surface area contributed by atoms with E-state index in [1.165, 1.54) is 5.56 Å². The second-order valence-corrected chi connectivity index (χ2v) is 8.37. The highest BCUT2D eigenvalue weighted by atomic mass is 16.5. The molecule has 28 heavy (non-hydrogen) atoms. The van der Waals surface area contributed by atoms with Crippen LogP contribution in [0.1, 0.15) is 37.7 Å². The summed E-state index contributed by atoms with van der Waals surface area (Å²) in [7, 11) is 5.92. The molecule has 1 aromatic heterocycles. The average molecular weight is 380 g/mol. The minimum atomic E-state index is 0.0225. The molecule has 0 bridgehead atoms. The largest absolute Gasteiger partial charge is 0.494 e. The van der Waals surface area contributed by atoms with Crippen molar-refractivity contribution in [2.75, 3.05) is 32.6 Å².